The second-order valence-electron chi connectivity index (χ2n) is 9.08. The van der Waals surface area contributed by atoms with Crippen LogP contribution in [0.15, 0.2) is 42.5 Å². The number of benzene rings is 2. The number of hydrogen-bond acceptors (Lipinski definition) is 4. The van der Waals surface area contributed by atoms with Gasteiger partial charge in [0.05, 0.1) is 11.9 Å². The number of aryl methyl sites for hydroxylation is 2. The van der Waals surface area contributed by atoms with E-state index in [4.69, 9.17) is 0 Å². The third kappa shape index (κ3) is 7.83. The molecule has 0 aliphatic heterocycles. The molecule has 0 saturated carbocycles. The Labute approximate surface area is 202 Å². The molecule has 0 aliphatic carbocycles. The summed E-state index contributed by atoms with van der Waals surface area (Å²) in [6.07, 6.45) is 1.04. The number of anilines is 1. The fraction of sp³-hybridized carbons (Fsp3) is 0.440. The molecular formula is C25H34FN3O4S. The molecule has 0 aromatic heterocycles. The van der Waals surface area contributed by atoms with Crippen molar-refractivity contribution in [1.82, 2.24) is 10.2 Å². The number of rotatable bonds is 10. The van der Waals surface area contributed by atoms with Crippen LogP contribution in [0.25, 0.3) is 0 Å². The maximum atomic E-state index is 13.5. The van der Waals surface area contributed by atoms with E-state index in [9.17, 15) is 22.4 Å². The second kappa shape index (κ2) is 11.5. The molecule has 2 aromatic carbocycles. The van der Waals surface area contributed by atoms with E-state index in [1.165, 1.54) is 29.2 Å². The van der Waals surface area contributed by atoms with Crippen molar-refractivity contribution in [2.24, 2.45) is 5.92 Å². The Balaban J connectivity index is 2.39. The van der Waals surface area contributed by atoms with Crippen molar-refractivity contribution in [2.75, 3.05) is 23.7 Å². The van der Waals surface area contributed by atoms with Crippen LogP contribution in [0, 0.1) is 25.6 Å². The Bertz CT molecular complexity index is 1100. The SMILES string of the molecule is Cc1cc(C)cc(N(CC(=O)N(Cc2ccc(F)cc2)C(C)C(=O)NCC(C)C)S(C)(=O)=O)c1. The Morgan fingerprint density at radius 2 is 1.56 bits per heavy atom. The van der Waals surface area contributed by atoms with Gasteiger partial charge in [0.25, 0.3) is 0 Å². The molecule has 2 amide bonds. The molecule has 7 nitrogen and oxygen atoms in total. The lowest BCUT2D eigenvalue weighted by Crippen LogP contribution is -2.51. The summed E-state index contributed by atoms with van der Waals surface area (Å²) >= 11 is 0. The smallest absolute Gasteiger partial charge is 0.244 e. The molecule has 1 unspecified atom stereocenters. The normalized spacial score (nSPS) is 12.4. The third-order valence-corrected chi connectivity index (χ3v) is 6.43. The summed E-state index contributed by atoms with van der Waals surface area (Å²) < 4.78 is 39.7. The van der Waals surface area contributed by atoms with Gasteiger partial charge in [0.2, 0.25) is 21.8 Å². The average Bonchev–Trinajstić information content (AvgIpc) is 2.73. The van der Waals surface area contributed by atoms with Crippen LogP contribution in [0.3, 0.4) is 0 Å². The summed E-state index contributed by atoms with van der Waals surface area (Å²) in [5.41, 5.74) is 2.73. The Morgan fingerprint density at radius 3 is 2.06 bits per heavy atom. The standard InChI is InChI=1S/C25H34FN3O4S/c1-17(2)14-27-25(31)20(5)28(15-21-7-9-22(26)10-8-21)24(30)16-29(34(6,32)33)23-12-18(3)11-19(4)13-23/h7-13,17,20H,14-16H2,1-6H3,(H,27,31). The average molecular weight is 492 g/mol. The van der Waals surface area contributed by atoms with Crippen molar-refractivity contribution >= 4 is 27.5 Å². The molecule has 0 aliphatic rings. The van der Waals surface area contributed by atoms with Crippen LogP contribution in [-0.4, -0.2) is 50.5 Å². The van der Waals surface area contributed by atoms with Gasteiger partial charge < -0.3 is 10.2 Å². The van der Waals surface area contributed by atoms with Gasteiger partial charge in [-0.2, -0.15) is 0 Å². The Kier molecular flexibility index (Phi) is 9.21. The molecule has 2 rings (SSSR count). The minimum Gasteiger partial charge on any atom is -0.354 e. The highest BCUT2D eigenvalue weighted by Crippen LogP contribution is 2.22. The fourth-order valence-corrected chi connectivity index (χ4v) is 4.36. The van der Waals surface area contributed by atoms with Crippen molar-refractivity contribution in [3.63, 3.8) is 0 Å². The van der Waals surface area contributed by atoms with E-state index in [0.717, 1.165) is 21.7 Å². The first kappa shape index (κ1) is 27.3. The molecule has 0 heterocycles. The molecule has 9 heteroatoms. The number of amides is 2. The monoisotopic (exact) mass is 491 g/mol. The van der Waals surface area contributed by atoms with E-state index in [-0.39, 0.29) is 18.4 Å². The van der Waals surface area contributed by atoms with Crippen molar-refractivity contribution in [1.29, 1.82) is 0 Å². The lowest BCUT2D eigenvalue weighted by molar-refractivity contribution is -0.139. The first-order valence-corrected chi connectivity index (χ1v) is 13.0. The molecule has 0 radical (unpaired) electrons. The van der Waals surface area contributed by atoms with Crippen LogP contribution >= 0.6 is 0 Å². The number of sulfonamides is 1. The van der Waals surface area contributed by atoms with Crippen LogP contribution in [-0.2, 0) is 26.2 Å². The van der Waals surface area contributed by atoms with Crippen LogP contribution in [0.2, 0.25) is 0 Å². The number of halogens is 1. The summed E-state index contributed by atoms with van der Waals surface area (Å²) in [6.45, 7) is 9.21. The second-order valence-corrected chi connectivity index (χ2v) is 11.0. The van der Waals surface area contributed by atoms with Gasteiger partial charge in [-0.15, -0.1) is 0 Å². The predicted octanol–water partition coefficient (Wildman–Crippen LogP) is 3.40. The summed E-state index contributed by atoms with van der Waals surface area (Å²) in [7, 11) is -3.79. The Hall–Kier alpha value is -2.94. The van der Waals surface area contributed by atoms with Crippen LogP contribution in [0.4, 0.5) is 10.1 Å². The third-order valence-electron chi connectivity index (χ3n) is 5.29. The number of carbonyl (C=O) groups is 2. The van der Waals surface area contributed by atoms with Gasteiger partial charge in [0.15, 0.2) is 0 Å². The molecule has 0 fully saturated rings. The highest BCUT2D eigenvalue weighted by atomic mass is 32.2. The van der Waals surface area contributed by atoms with Crippen molar-refractivity contribution < 1.29 is 22.4 Å². The van der Waals surface area contributed by atoms with Gasteiger partial charge in [-0.3, -0.25) is 13.9 Å². The number of carbonyl (C=O) groups excluding carboxylic acids is 2. The molecule has 0 spiro atoms. The zero-order valence-electron chi connectivity index (χ0n) is 20.6. The van der Waals surface area contributed by atoms with E-state index < -0.39 is 34.3 Å². The number of nitrogens with one attached hydrogen (secondary N) is 1. The molecule has 1 N–H and O–H groups in total. The van der Waals surface area contributed by atoms with E-state index in [2.05, 4.69) is 5.32 Å². The predicted molar refractivity (Wildman–Crippen MR) is 132 cm³/mol. The molecular weight excluding hydrogens is 457 g/mol. The summed E-state index contributed by atoms with van der Waals surface area (Å²) in [4.78, 5) is 27.6. The largest absolute Gasteiger partial charge is 0.354 e. The highest BCUT2D eigenvalue weighted by molar-refractivity contribution is 7.92. The Morgan fingerprint density at radius 1 is 1.00 bits per heavy atom. The lowest BCUT2D eigenvalue weighted by Gasteiger charge is -2.31. The van der Waals surface area contributed by atoms with E-state index in [1.54, 1.807) is 19.1 Å². The highest BCUT2D eigenvalue weighted by Gasteiger charge is 2.30. The summed E-state index contributed by atoms with van der Waals surface area (Å²) in [6, 6.07) is 10.1. The first-order chi connectivity index (χ1) is 15.8. The lowest BCUT2D eigenvalue weighted by atomic mass is 10.1. The number of hydrogen-bond donors (Lipinski definition) is 1. The van der Waals surface area contributed by atoms with Gasteiger partial charge in [-0.05, 0) is 67.6 Å². The minimum absolute atomic E-state index is 0.0276. The van der Waals surface area contributed by atoms with E-state index in [1.807, 2.05) is 33.8 Å². The minimum atomic E-state index is -3.79. The molecule has 1 atom stereocenters. The van der Waals surface area contributed by atoms with Crippen LogP contribution < -0.4 is 9.62 Å². The topological polar surface area (TPSA) is 86.8 Å². The molecule has 186 valence electrons. The van der Waals surface area contributed by atoms with Crippen LogP contribution in [0.5, 0.6) is 0 Å². The van der Waals surface area contributed by atoms with Crippen molar-refractivity contribution in [2.45, 2.75) is 47.2 Å². The molecule has 2 aromatic rings. The molecule has 0 bridgehead atoms. The van der Waals surface area contributed by atoms with E-state index in [0.29, 0.717) is 17.8 Å². The van der Waals surface area contributed by atoms with Gasteiger partial charge in [-0.25, -0.2) is 12.8 Å². The molecule has 34 heavy (non-hydrogen) atoms. The van der Waals surface area contributed by atoms with Gasteiger partial charge in [-0.1, -0.05) is 32.0 Å². The quantitative estimate of drug-likeness (QED) is 0.552. The van der Waals surface area contributed by atoms with Gasteiger partial charge in [0.1, 0.15) is 18.4 Å². The maximum Gasteiger partial charge on any atom is 0.244 e. The first-order valence-electron chi connectivity index (χ1n) is 11.2. The summed E-state index contributed by atoms with van der Waals surface area (Å²) in [5.74, 6) is -1.08. The van der Waals surface area contributed by atoms with Crippen LogP contribution in [0.1, 0.15) is 37.5 Å². The van der Waals surface area contributed by atoms with Gasteiger partial charge in [0, 0.05) is 13.1 Å². The van der Waals surface area contributed by atoms with Gasteiger partial charge >= 0.3 is 0 Å². The fourth-order valence-electron chi connectivity index (χ4n) is 3.53. The van der Waals surface area contributed by atoms with Crippen molar-refractivity contribution in [3.8, 4) is 0 Å². The van der Waals surface area contributed by atoms with Crippen molar-refractivity contribution in [3.05, 3.63) is 65.0 Å². The van der Waals surface area contributed by atoms with E-state index >= 15 is 0 Å². The summed E-state index contributed by atoms with van der Waals surface area (Å²) in [5, 5.41) is 2.82. The zero-order valence-corrected chi connectivity index (χ0v) is 21.4. The number of nitrogens with zero attached hydrogens (tertiary/aromatic N) is 2. The zero-order chi connectivity index (χ0) is 25.6. The maximum absolute atomic E-state index is 13.5. The molecule has 0 saturated heterocycles.